The van der Waals surface area contributed by atoms with Gasteiger partial charge in [0, 0.05) is 0 Å². The molecule has 2 nitrogen and oxygen atoms in total. The van der Waals surface area contributed by atoms with Gasteiger partial charge in [-0.25, -0.2) is 0 Å². The van der Waals surface area contributed by atoms with Gasteiger partial charge in [0.15, 0.2) is 0 Å². The molecule has 0 unspecified atom stereocenters. The van der Waals surface area contributed by atoms with E-state index in [-0.39, 0.29) is 0 Å². The molecule has 0 aromatic carbocycles. The molecular weight excluding hydrogens is 136 g/mol. The highest BCUT2D eigenvalue weighted by atomic mass is 32.2. The number of carbonyl (C=O) groups excluding carboxylic acids is 1. The maximum Gasteiger partial charge on any atom is 0.295 e. The van der Waals surface area contributed by atoms with Gasteiger partial charge in [0.1, 0.15) is 0 Å². The van der Waals surface area contributed by atoms with E-state index in [0.717, 1.165) is 24.9 Å². The third-order valence-electron chi connectivity index (χ3n) is 1.52. The quantitative estimate of drug-likeness (QED) is 0.565. The van der Waals surface area contributed by atoms with E-state index >= 15 is 0 Å². The van der Waals surface area contributed by atoms with Crippen molar-refractivity contribution in [2.45, 2.75) is 31.8 Å². The van der Waals surface area contributed by atoms with Crippen LogP contribution in [0.3, 0.4) is 0 Å². The van der Waals surface area contributed by atoms with Crippen molar-refractivity contribution in [2.75, 3.05) is 0 Å². The van der Waals surface area contributed by atoms with E-state index in [2.05, 4.69) is 0 Å². The predicted octanol–water partition coefficient (Wildman–Crippen LogP) is 1.66. The van der Waals surface area contributed by atoms with Gasteiger partial charge in [0.2, 0.25) is 0 Å². The summed E-state index contributed by atoms with van der Waals surface area (Å²) in [5.41, 5.74) is 1.64. The zero-order valence-electron chi connectivity index (χ0n) is 5.13. The monoisotopic (exact) mass is 145 g/mol. The number of hydrogen-bond donors (Lipinski definition) is 0. The first-order valence-electron chi connectivity index (χ1n) is 3.13. The van der Waals surface area contributed by atoms with E-state index in [1.807, 2.05) is 0 Å². The van der Waals surface area contributed by atoms with E-state index in [1.54, 1.807) is 5.62 Å². The van der Waals surface area contributed by atoms with Gasteiger partial charge < -0.3 is 4.18 Å². The Morgan fingerprint density at radius 1 is 1.44 bits per heavy atom. The molecule has 1 fully saturated rings. The van der Waals surface area contributed by atoms with Crippen LogP contribution < -0.4 is 0 Å². The molecular formula is C6H9O2S. The van der Waals surface area contributed by atoms with Crippen LogP contribution in [0.15, 0.2) is 0 Å². The third kappa shape index (κ3) is 2.37. The summed E-state index contributed by atoms with van der Waals surface area (Å²) in [5, 5.41) is 0. The van der Waals surface area contributed by atoms with Crippen molar-refractivity contribution in [3.8, 4) is 0 Å². The van der Waals surface area contributed by atoms with Crippen molar-refractivity contribution in [1.82, 2.24) is 0 Å². The van der Waals surface area contributed by atoms with Crippen LogP contribution in [0.4, 0.5) is 0 Å². The molecule has 0 saturated heterocycles. The molecule has 0 aliphatic heterocycles. The third-order valence-corrected chi connectivity index (χ3v) is 1.96. The Kier molecular flexibility index (Phi) is 3.08. The normalized spacial score (nSPS) is 20.4. The Morgan fingerprint density at radius 2 is 2.11 bits per heavy atom. The summed E-state index contributed by atoms with van der Waals surface area (Å²) < 4.78 is 5.05. The lowest BCUT2D eigenvalue weighted by Crippen LogP contribution is -2.00. The van der Waals surface area contributed by atoms with Crippen molar-refractivity contribution in [3.05, 3.63) is 0 Å². The van der Waals surface area contributed by atoms with Crippen LogP contribution in [0.2, 0.25) is 0 Å². The average molecular weight is 145 g/mol. The second kappa shape index (κ2) is 3.90. The van der Waals surface area contributed by atoms with Crippen LogP contribution in [0, 0.1) is 0 Å². The van der Waals surface area contributed by atoms with Crippen LogP contribution in [-0.2, 0) is 8.98 Å². The topological polar surface area (TPSA) is 26.3 Å². The SMILES string of the molecule is O=[C]SOC1CCCC1. The lowest BCUT2D eigenvalue weighted by molar-refractivity contribution is 0.254. The lowest BCUT2D eigenvalue weighted by Gasteiger charge is -2.03. The summed E-state index contributed by atoms with van der Waals surface area (Å²) in [6, 6.07) is 0. The zero-order chi connectivity index (χ0) is 6.53. The molecule has 0 heterocycles. The molecule has 1 saturated carbocycles. The maximum absolute atomic E-state index is 9.67. The molecule has 0 spiro atoms. The molecule has 1 rings (SSSR count). The average Bonchev–Trinajstić information content (AvgIpc) is 2.34. The zero-order valence-corrected chi connectivity index (χ0v) is 5.95. The summed E-state index contributed by atoms with van der Waals surface area (Å²) in [7, 11) is 0. The fraction of sp³-hybridized carbons (Fsp3) is 0.833. The predicted molar refractivity (Wildman–Crippen MR) is 36.6 cm³/mol. The van der Waals surface area contributed by atoms with Gasteiger partial charge in [-0.15, -0.1) is 0 Å². The second-order valence-corrected chi connectivity index (χ2v) is 2.70. The van der Waals surface area contributed by atoms with Crippen molar-refractivity contribution in [3.63, 3.8) is 0 Å². The van der Waals surface area contributed by atoms with Crippen molar-refractivity contribution < 1.29 is 8.98 Å². The van der Waals surface area contributed by atoms with Gasteiger partial charge in [0.05, 0.1) is 18.1 Å². The molecule has 1 aliphatic rings. The minimum absolute atomic E-state index is 0.316. The largest absolute Gasteiger partial charge is 0.304 e. The van der Waals surface area contributed by atoms with Gasteiger partial charge in [-0.05, 0) is 12.8 Å². The van der Waals surface area contributed by atoms with Crippen molar-refractivity contribution >= 4 is 17.7 Å². The Labute approximate surface area is 59.2 Å². The highest BCUT2D eigenvalue weighted by Gasteiger charge is 2.15. The summed E-state index contributed by atoms with van der Waals surface area (Å²) >= 11 is 0.800. The summed E-state index contributed by atoms with van der Waals surface area (Å²) in [5.74, 6) is 0. The molecule has 3 heteroatoms. The van der Waals surface area contributed by atoms with Crippen LogP contribution in [0.25, 0.3) is 0 Å². The fourth-order valence-electron chi connectivity index (χ4n) is 1.07. The van der Waals surface area contributed by atoms with E-state index < -0.39 is 0 Å². The summed E-state index contributed by atoms with van der Waals surface area (Å²) in [6.07, 6.45) is 5.01. The minimum atomic E-state index is 0.316. The molecule has 1 radical (unpaired) electrons. The molecule has 1 aliphatic carbocycles. The van der Waals surface area contributed by atoms with Gasteiger partial charge in [-0.1, -0.05) is 12.8 Å². The van der Waals surface area contributed by atoms with Crippen LogP contribution in [0.1, 0.15) is 25.7 Å². The minimum Gasteiger partial charge on any atom is -0.304 e. The highest BCUT2D eigenvalue weighted by molar-refractivity contribution is 8.07. The van der Waals surface area contributed by atoms with Crippen LogP contribution in [0.5, 0.6) is 0 Å². The first kappa shape index (κ1) is 7.09. The Hall–Kier alpha value is -0.0200. The molecule has 0 N–H and O–H groups in total. The van der Waals surface area contributed by atoms with Gasteiger partial charge in [-0.3, -0.25) is 4.79 Å². The van der Waals surface area contributed by atoms with E-state index in [9.17, 15) is 4.79 Å². The van der Waals surface area contributed by atoms with Crippen LogP contribution in [-0.4, -0.2) is 11.7 Å². The Bertz CT molecular complexity index is 89.1. The molecule has 0 aromatic heterocycles. The lowest BCUT2D eigenvalue weighted by atomic mass is 10.3. The van der Waals surface area contributed by atoms with E-state index in [1.165, 1.54) is 12.8 Å². The summed E-state index contributed by atoms with van der Waals surface area (Å²) in [4.78, 5) is 9.67. The van der Waals surface area contributed by atoms with Gasteiger partial charge in [-0.2, -0.15) is 0 Å². The van der Waals surface area contributed by atoms with Gasteiger partial charge in [0.25, 0.3) is 5.62 Å². The van der Waals surface area contributed by atoms with E-state index in [4.69, 9.17) is 4.18 Å². The standard InChI is InChI=1S/C6H9O2S/c7-5-9-8-6-3-1-2-4-6/h6H,1-4H2. The molecule has 51 valence electrons. The number of hydrogen-bond acceptors (Lipinski definition) is 3. The Balaban J connectivity index is 2.04. The molecule has 0 atom stereocenters. The van der Waals surface area contributed by atoms with Crippen LogP contribution >= 0.6 is 12.0 Å². The first-order chi connectivity index (χ1) is 4.43. The smallest absolute Gasteiger partial charge is 0.295 e. The van der Waals surface area contributed by atoms with Gasteiger partial charge >= 0.3 is 0 Å². The molecule has 9 heavy (non-hydrogen) atoms. The maximum atomic E-state index is 9.67. The molecule has 0 amide bonds. The highest BCUT2D eigenvalue weighted by Crippen LogP contribution is 2.23. The fourth-order valence-corrected chi connectivity index (χ4v) is 1.44. The molecule has 0 aromatic rings. The Morgan fingerprint density at radius 3 is 2.67 bits per heavy atom. The van der Waals surface area contributed by atoms with Crippen molar-refractivity contribution in [1.29, 1.82) is 0 Å². The number of rotatable bonds is 3. The van der Waals surface area contributed by atoms with Crippen molar-refractivity contribution in [2.24, 2.45) is 0 Å². The first-order valence-corrected chi connectivity index (χ1v) is 3.87. The summed E-state index contributed by atoms with van der Waals surface area (Å²) in [6.45, 7) is 0. The van der Waals surface area contributed by atoms with E-state index in [0.29, 0.717) is 6.10 Å². The molecule has 0 bridgehead atoms. The second-order valence-electron chi connectivity index (χ2n) is 2.17.